The number of halogens is 1. The van der Waals surface area contributed by atoms with Crippen LogP contribution in [0, 0.1) is 0 Å². The van der Waals surface area contributed by atoms with Crippen LogP contribution in [0.1, 0.15) is 31.7 Å². The standard InChI is InChI=1S/C13H18BrN/c1-2-3-7-13(9-15-10-13)11-5-4-6-12(14)8-11/h4-6,8,15H,2-3,7,9-10H2,1H3. The Hall–Kier alpha value is -0.340. The fraction of sp³-hybridized carbons (Fsp3) is 0.538. The lowest BCUT2D eigenvalue weighted by molar-refractivity contribution is 0.251. The predicted molar refractivity (Wildman–Crippen MR) is 68.2 cm³/mol. The number of hydrogen-bond acceptors (Lipinski definition) is 1. The van der Waals surface area contributed by atoms with Crippen molar-refractivity contribution in [1.82, 2.24) is 5.32 Å². The summed E-state index contributed by atoms with van der Waals surface area (Å²) in [5.41, 5.74) is 1.91. The van der Waals surface area contributed by atoms with Gasteiger partial charge in [-0.15, -0.1) is 0 Å². The SMILES string of the molecule is CCCCC1(c2cccc(Br)c2)CNC1. The average Bonchev–Trinajstić information content (AvgIpc) is 2.16. The van der Waals surface area contributed by atoms with E-state index in [0.29, 0.717) is 5.41 Å². The van der Waals surface area contributed by atoms with Crippen molar-refractivity contribution in [2.75, 3.05) is 13.1 Å². The lowest BCUT2D eigenvalue weighted by atomic mass is 9.72. The Morgan fingerprint density at radius 3 is 2.73 bits per heavy atom. The Morgan fingerprint density at radius 1 is 1.40 bits per heavy atom. The van der Waals surface area contributed by atoms with E-state index in [1.54, 1.807) is 0 Å². The number of hydrogen-bond donors (Lipinski definition) is 1. The molecule has 1 aliphatic heterocycles. The third-order valence-corrected chi connectivity index (χ3v) is 3.87. The maximum Gasteiger partial charge on any atom is 0.0203 e. The summed E-state index contributed by atoms with van der Waals surface area (Å²) in [6.07, 6.45) is 3.93. The quantitative estimate of drug-likeness (QED) is 0.881. The smallest absolute Gasteiger partial charge is 0.0203 e. The minimum Gasteiger partial charge on any atom is -0.315 e. The van der Waals surface area contributed by atoms with Gasteiger partial charge in [-0.3, -0.25) is 0 Å². The molecule has 1 saturated heterocycles. The first kappa shape index (κ1) is 11.2. The molecule has 0 aliphatic carbocycles. The van der Waals surface area contributed by atoms with Gasteiger partial charge in [0.25, 0.3) is 0 Å². The second-order valence-corrected chi connectivity index (χ2v) is 5.41. The summed E-state index contributed by atoms with van der Waals surface area (Å²) < 4.78 is 1.20. The summed E-state index contributed by atoms with van der Waals surface area (Å²) in [6.45, 7) is 4.55. The summed E-state index contributed by atoms with van der Waals surface area (Å²) in [5.74, 6) is 0. The van der Waals surface area contributed by atoms with Gasteiger partial charge in [0, 0.05) is 23.0 Å². The van der Waals surface area contributed by atoms with Crippen LogP contribution in [-0.2, 0) is 5.41 Å². The van der Waals surface area contributed by atoms with Gasteiger partial charge in [-0.1, -0.05) is 47.8 Å². The molecule has 1 nitrogen and oxygen atoms in total. The van der Waals surface area contributed by atoms with Crippen molar-refractivity contribution in [1.29, 1.82) is 0 Å². The van der Waals surface area contributed by atoms with E-state index in [4.69, 9.17) is 0 Å². The molecule has 0 unspecified atom stereocenters. The lowest BCUT2D eigenvalue weighted by Crippen LogP contribution is -2.56. The predicted octanol–water partition coefficient (Wildman–Crippen LogP) is 3.48. The maximum atomic E-state index is 3.56. The highest BCUT2D eigenvalue weighted by Crippen LogP contribution is 2.34. The molecule has 1 heterocycles. The summed E-state index contributed by atoms with van der Waals surface area (Å²) in [4.78, 5) is 0. The zero-order valence-corrected chi connectivity index (χ0v) is 10.8. The minimum atomic E-state index is 0.416. The van der Waals surface area contributed by atoms with E-state index in [1.165, 1.54) is 29.3 Å². The summed E-state index contributed by atoms with van der Waals surface area (Å²) in [5, 5.41) is 3.41. The van der Waals surface area contributed by atoms with Gasteiger partial charge < -0.3 is 5.32 Å². The topological polar surface area (TPSA) is 12.0 Å². The Bertz CT molecular complexity index is 331. The van der Waals surface area contributed by atoms with Crippen molar-refractivity contribution < 1.29 is 0 Å². The van der Waals surface area contributed by atoms with Crippen LogP contribution in [0.4, 0.5) is 0 Å². The van der Waals surface area contributed by atoms with Gasteiger partial charge in [-0.2, -0.15) is 0 Å². The number of rotatable bonds is 4. The van der Waals surface area contributed by atoms with Crippen molar-refractivity contribution >= 4 is 15.9 Å². The molecule has 1 aromatic carbocycles. The zero-order valence-electron chi connectivity index (χ0n) is 9.22. The molecular weight excluding hydrogens is 250 g/mol. The van der Waals surface area contributed by atoms with E-state index >= 15 is 0 Å². The monoisotopic (exact) mass is 267 g/mol. The van der Waals surface area contributed by atoms with Crippen molar-refractivity contribution in [2.45, 2.75) is 31.6 Å². The van der Waals surface area contributed by atoms with E-state index in [1.807, 2.05) is 0 Å². The van der Waals surface area contributed by atoms with Gasteiger partial charge in [-0.25, -0.2) is 0 Å². The van der Waals surface area contributed by atoms with Gasteiger partial charge in [0.2, 0.25) is 0 Å². The van der Waals surface area contributed by atoms with Gasteiger partial charge in [0.05, 0.1) is 0 Å². The van der Waals surface area contributed by atoms with Gasteiger partial charge >= 0.3 is 0 Å². The molecule has 2 rings (SSSR count). The largest absolute Gasteiger partial charge is 0.315 e. The first-order valence-electron chi connectivity index (χ1n) is 5.74. The molecule has 1 fully saturated rings. The fourth-order valence-corrected chi connectivity index (χ4v) is 2.68. The Labute approximate surface area is 100 Å². The molecule has 0 aromatic heterocycles. The van der Waals surface area contributed by atoms with Crippen LogP contribution in [0.3, 0.4) is 0 Å². The van der Waals surface area contributed by atoms with Gasteiger partial charge in [-0.05, 0) is 24.1 Å². The van der Waals surface area contributed by atoms with Crippen LogP contribution in [0.25, 0.3) is 0 Å². The molecule has 0 spiro atoms. The third kappa shape index (κ3) is 2.26. The van der Waals surface area contributed by atoms with E-state index in [9.17, 15) is 0 Å². The highest BCUT2D eigenvalue weighted by atomic mass is 79.9. The Kier molecular flexibility index (Phi) is 3.47. The molecule has 2 heteroatoms. The number of unbranched alkanes of at least 4 members (excludes halogenated alkanes) is 1. The molecule has 0 bridgehead atoms. The number of nitrogens with one attached hydrogen (secondary N) is 1. The second-order valence-electron chi connectivity index (χ2n) is 4.50. The molecule has 1 aliphatic rings. The molecule has 82 valence electrons. The molecule has 0 amide bonds. The lowest BCUT2D eigenvalue weighted by Gasteiger charge is -2.43. The Balaban J connectivity index is 2.18. The van der Waals surface area contributed by atoms with Crippen molar-refractivity contribution in [3.8, 4) is 0 Å². The van der Waals surface area contributed by atoms with E-state index in [2.05, 4.69) is 52.4 Å². The summed E-state index contributed by atoms with van der Waals surface area (Å²) >= 11 is 3.56. The van der Waals surface area contributed by atoms with Crippen LogP contribution in [0.5, 0.6) is 0 Å². The molecule has 1 N–H and O–H groups in total. The second kappa shape index (κ2) is 4.67. The molecule has 0 radical (unpaired) electrons. The molecule has 1 aromatic rings. The zero-order chi connectivity index (χ0) is 10.7. The third-order valence-electron chi connectivity index (χ3n) is 3.37. The summed E-state index contributed by atoms with van der Waals surface area (Å²) in [7, 11) is 0. The maximum absolute atomic E-state index is 3.56. The normalized spacial score (nSPS) is 18.5. The highest BCUT2D eigenvalue weighted by molar-refractivity contribution is 9.10. The van der Waals surface area contributed by atoms with Gasteiger partial charge in [0.15, 0.2) is 0 Å². The first-order chi connectivity index (χ1) is 7.27. The van der Waals surface area contributed by atoms with Crippen molar-refractivity contribution in [3.05, 3.63) is 34.3 Å². The average molecular weight is 268 g/mol. The van der Waals surface area contributed by atoms with Gasteiger partial charge in [0.1, 0.15) is 0 Å². The molecule has 0 atom stereocenters. The highest BCUT2D eigenvalue weighted by Gasteiger charge is 2.37. The fourth-order valence-electron chi connectivity index (χ4n) is 2.29. The molecule has 15 heavy (non-hydrogen) atoms. The van der Waals surface area contributed by atoms with Crippen LogP contribution >= 0.6 is 15.9 Å². The van der Waals surface area contributed by atoms with Crippen LogP contribution in [0.15, 0.2) is 28.7 Å². The van der Waals surface area contributed by atoms with Crippen LogP contribution < -0.4 is 5.32 Å². The van der Waals surface area contributed by atoms with E-state index in [0.717, 1.165) is 13.1 Å². The Morgan fingerprint density at radius 2 is 2.20 bits per heavy atom. The molecular formula is C13H18BrN. The van der Waals surface area contributed by atoms with E-state index in [-0.39, 0.29) is 0 Å². The van der Waals surface area contributed by atoms with Crippen molar-refractivity contribution in [3.63, 3.8) is 0 Å². The summed E-state index contributed by atoms with van der Waals surface area (Å²) in [6, 6.07) is 8.78. The van der Waals surface area contributed by atoms with Crippen LogP contribution in [0.2, 0.25) is 0 Å². The molecule has 0 saturated carbocycles. The first-order valence-corrected chi connectivity index (χ1v) is 6.53. The van der Waals surface area contributed by atoms with Crippen LogP contribution in [-0.4, -0.2) is 13.1 Å². The van der Waals surface area contributed by atoms with E-state index < -0.39 is 0 Å². The minimum absolute atomic E-state index is 0.416. The van der Waals surface area contributed by atoms with Crippen molar-refractivity contribution in [2.24, 2.45) is 0 Å². The number of benzene rings is 1.